The summed E-state index contributed by atoms with van der Waals surface area (Å²) in [5, 5.41) is 6.57. The van der Waals surface area contributed by atoms with Gasteiger partial charge in [0.2, 0.25) is 5.91 Å². The average molecular weight is 271 g/mol. The number of carbonyl (C=O) groups excluding carboxylic acids is 1. The third-order valence-electron chi connectivity index (χ3n) is 5.25. The highest BCUT2D eigenvalue weighted by atomic mass is 16.1. The topological polar surface area (TPSA) is 67.1 Å². The number of nitrogen functional groups attached to an aromatic ring is 1. The molecule has 2 saturated carbocycles. The first-order valence-corrected chi connectivity index (χ1v) is 7.68. The summed E-state index contributed by atoms with van der Waals surface area (Å²) in [6.45, 7) is 0. The van der Waals surface area contributed by atoms with Crippen molar-refractivity contribution < 1.29 is 4.79 Å². The molecular formula is C16H21N3O. The molecule has 3 atom stereocenters. The summed E-state index contributed by atoms with van der Waals surface area (Å²) in [5.41, 5.74) is 10.0. The lowest BCUT2D eigenvalue weighted by molar-refractivity contribution is -0.116. The zero-order valence-corrected chi connectivity index (χ0v) is 11.6. The molecule has 4 N–H and O–H groups in total. The number of nitrogens with one attached hydrogen (secondary N) is 2. The first-order valence-electron chi connectivity index (χ1n) is 7.68. The summed E-state index contributed by atoms with van der Waals surface area (Å²) in [6.07, 6.45) is 6.84. The number of fused-ring (bicyclic) bond motifs is 3. The van der Waals surface area contributed by atoms with Crippen LogP contribution in [0.15, 0.2) is 12.1 Å². The zero-order valence-electron chi connectivity index (χ0n) is 11.6. The molecule has 0 saturated heterocycles. The molecular weight excluding hydrogens is 250 g/mol. The Kier molecular flexibility index (Phi) is 2.65. The monoisotopic (exact) mass is 271 g/mol. The van der Waals surface area contributed by atoms with E-state index in [1.807, 2.05) is 6.07 Å². The van der Waals surface area contributed by atoms with Crippen molar-refractivity contribution in [2.45, 2.75) is 44.6 Å². The van der Waals surface area contributed by atoms with E-state index >= 15 is 0 Å². The minimum absolute atomic E-state index is 0.0886. The van der Waals surface area contributed by atoms with Crippen LogP contribution in [0.5, 0.6) is 0 Å². The summed E-state index contributed by atoms with van der Waals surface area (Å²) in [6, 6.07) is 4.63. The number of hydrogen-bond acceptors (Lipinski definition) is 3. The summed E-state index contributed by atoms with van der Waals surface area (Å²) < 4.78 is 0. The van der Waals surface area contributed by atoms with Gasteiger partial charge < -0.3 is 16.4 Å². The van der Waals surface area contributed by atoms with Gasteiger partial charge >= 0.3 is 0 Å². The molecule has 106 valence electrons. The van der Waals surface area contributed by atoms with Crippen molar-refractivity contribution in [2.24, 2.45) is 11.8 Å². The van der Waals surface area contributed by atoms with Crippen LogP contribution >= 0.6 is 0 Å². The van der Waals surface area contributed by atoms with Gasteiger partial charge in [-0.05, 0) is 55.2 Å². The summed E-state index contributed by atoms with van der Waals surface area (Å²) in [7, 11) is 0. The standard InChI is InChI=1S/C16H21N3O/c17-12-8-14-11(3-4-16(20)19-14)7-15(12)18-13-6-9-1-2-10(13)5-9/h7-10,13,18H,1-6,17H2,(H,19,20). The van der Waals surface area contributed by atoms with Crippen LogP contribution in [0.3, 0.4) is 0 Å². The molecule has 0 spiro atoms. The fraction of sp³-hybridized carbons (Fsp3) is 0.562. The van der Waals surface area contributed by atoms with E-state index in [2.05, 4.69) is 16.7 Å². The molecule has 0 aromatic heterocycles. The molecule has 20 heavy (non-hydrogen) atoms. The summed E-state index contributed by atoms with van der Waals surface area (Å²) >= 11 is 0. The van der Waals surface area contributed by atoms with E-state index in [9.17, 15) is 4.79 Å². The van der Waals surface area contributed by atoms with Crippen LogP contribution in [-0.2, 0) is 11.2 Å². The van der Waals surface area contributed by atoms with Crippen molar-refractivity contribution in [3.05, 3.63) is 17.7 Å². The molecule has 1 aliphatic heterocycles. The molecule has 1 heterocycles. The van der Waals surface area contributed by atoms with Crippen LogP contribution in [0.4, 0.5) is 17.1 Å². The van der Waals surface area contributed by atoms with Gasteiger partial charge in [-0.1, -0.05) is 6.42 Å². The third-order valence-corrected chi connectivity index (χ3v) is 5.25. The van der Waals surface area contributed by atoms with E-state index in [0.717, 1.165) is 35.3 Å². The van der Waals surface area contributed by atoms with Gasteiger partial charge in [-0.2, -0.15) is 0 Å². The van der Waals surface area contributed by atoms with Gasteiger partial charge in [0.05, 0.1) is 11.4 Å². The minimum atomic E-state index is 0.0886. The first-order chi connectivity index (χ1) is 9.69. The van der Waals surface area contributed by atoms with E-state index in [-0.39, 0.29) is 5.91 Å². The highest BCUT2D eigenvalue weighted by molar-refractivity contribution is 5.95. The van der Waals surface area contributed by atoms with Crippen molar-refractivity contribution in [2.75, 3.05) is 16.4 Å². The highest BCUT2D eigenvalue weighted by Gasteiger charge is 2.39. The smallest absolute Gasteiger partial charge is 0.224 e. The maximum Gasteiger partial charge on any atom is 0.224 e. The number of benzene rings is 1. The predicted molar refractivity (Wildman–Crippen MR) is 80.7 cm³/mol. The Morgan fingerprint density at radius 3 is 2.85 bits per heavy atom. The Bertz CT molecular complexity index is 569. The second kappa shape index (κ2) is 4.40. The van der Waals surface area contributed by atoms with Crippen LogP contribution in [-0.4, -0.2) is 11.9 Å². The van der Waals surface area contributed by atoms with Gasteiger partial charge in [0.1, 0.15) is 0 Å². The van der Waals surface area contributed by atoms with Gasteiger partial charge in [-0.25, -0.2) is 0 Å². The molecule has 2 aliphatic carbocycles. The number of rotatable bonds is 2. The lowest BCUT2D eigenvalue weighted by Crippen LogP contribution is -2.27. The van der Waals surface area contributed by atoms with E-state index < -0.39 is 0 Å². The van der Waals surface area contributed by atoms with Crippen molar-refractivity contribution in [3.63, 3.8) is 0 Å². The largest absolute Gasteiger partial charge is 0.397 e. The second-order valence-corrected chi connectivity index (χ2v) is 6.57. The lowest BCUT2D eigenvalue weighted by atomic mass is 9.94. The van der Waals surface area contributed by atoms with Crippen molar-refractivity contribution in [3.8, 4) is 0 Å². The van der Waals surface area contributed by atoms with Gasteiger partial charge in [0.15, 0.2) is 0 Å². The first kappa shape index (κ1) is 12.1. The van der Waals surface area contributed by atoms with Gasteiger partial charge in [0.25, 0.3) is 0 Å². The Balaban J connectivity index is 1.58. The van der Waals surface area contributed by atoms with Crippen LogP contribution in [0.2, 0.25) is 0 Å². The fourth-order valence-corrected chi connectivity index (χ4v) is 4.19. The molecule has 1 aromatic carbocycles. The number of amides is 1. The summed E-state index contributed by atoms with van der Waals surface area (Å²) in [4.78, 5) is 11.4. The maximum atomic E-state index is 11.4. The predicted octanol–water partition coefficient (Wildman–Crippen LogP) is 2.75. The lowest BCUT2D eigenvalue weighted by Gasteiger charge is -2.26. The van der Waals surface area contributed by atoms with Crippen molar-refractivity contribution in [1.82, 2.24) is 0 Å². The normalized spacial score (nSPS) is 31.0. The zero-order chi connectivity index (χ0) is 13.7. The Morgan fingerprint density at radius 2 is 2.10 bits per heavy atom. The molecule has 2 fully saturated rings. The molecule has 1 amide bonds. The minimum Gasteiger partial charge on any atom is -0.397 e. The van der Waals surface area contributed by atoms with Gasteiger partial charge in [-0.15, -0.1) is 0 Å². The van der Waals surface area contributed by atoms with Gasteiger partial charge in [0, 0.05) is 18.2 Å². The van der Waals surface area contributed by atoms with E-state index in [4.69, 9.17) is 5.73 Å². The maximum absolute atomic E-state index is 11.4. The quantitative estimate of drug-likeness (QED) is 0.725. The number of nitrogens with two attached hydrogens (primary N) is 1. The molecule has 4 rings (SSSR count). The number of hydrogen-bond donors (Lipinski definition) is 3. The molecule has 4 nitrogen and oxygen atoms in total. The average Bonchev–Trinajstić information content (AvgIpc) is 3.02. The van der Waals surface area contributed by atoms with E-state index in [1.54, 1.807) is 0 Å². The van der Waals surface area contributed by atoms with Crippen LogP contribution in [0, 0.1) is 11.8 Å². The Morgan fingerprint density at radius 1 is 1.20 bits per heavy atom. The number of anilines is 3. The molecule has 0 radical (unpaired) electrons. The number of carbonyl (C=O) groups is 1. The number of aryl methyl sites for hydroxylation is 1. The molecule has 4 heteroatoms. The molecule has 3 aliphatic rings. The summed E-state index contributed by atoms with van der Waals surface area (Å²) in [5.74, 6) is 1.84. The van der Waals surface area contributed by atoms with Crippen LogP contribution in [0.1, 0.15) is 37.7 Å². The Hall–Kier alpha value is -1.71. The molecule has 1 aromatic rings. The molecule has 3 unspecified atom stereocenters. The fourth-order valence-electron chi connectivity index (χ4n) is 4.19. The van der Waals surface area contributed by atoms with E-state index in [1.165, 1.54) is 31.2 Å². The van der Waals surface area contributed by atoms with E-state index in [0.29, 0.717) is 12.5 Å². The van der Waals surface area contributed by atoms with Gasteiger partial charge in [-0.3, -0.25) is 4.79 Å². The second-order valence-electron chi connectivity index (χ2n) is 6.57. The van der Waals surface area contributed by atoms with Crippen molar-refractivity contribution >= 4 is 23.0 Å². The van der Waals surface area contributed by atoms with Crippen LogP contribution < -0.4 is 16.4 Å². The SMILES string of the molecule is Nc1cc2c(cc1NC1CC3CCC1C3)CCC(=O)N2. The highest BCUT2D eigenvalue weighted by Crippen LogP contribution is 2.46. The Labute approximate surface area is 119 Å². The van der Waals surface area contributed by atoms with Crippen molar-refractivity contribution in [1.29, 1.82) is 0 Å². The molecule has 2 bridgehead atoms. The third kappa shape index (κ3) is 1.94. The van der Waals surface area contributed by atoms with Crippen LogP contribution in [0.25, 0.3) is 0 Å².